The second-order valence-electron chi connectivity index (χ2n) is 4.94. The van der Waals surface area contributed by atoms with Crippen molar-refractivity contribution in [2.45, 2.75) is 19.0 Å². The van der Waals surface area contributed by atoms with Crippen LogP contribution < -0.4 is 5.32 Å². The molecule has 0 aromatic carbocycles. The molecule has 0 aliphatic carbocycles. The molecule has 21 heavy (non-hydrogen) atoms. The molecule has 116 valence electrons. The Kier molecular flexibility index (Phi) is 4.54. The largest absolute Gasteiger partial charge is 0.472 e. The highest BCUT2D eigenvalue weighted by Crippen LogP contribution is 2.20. The maximum absolute atomic E-state index is 12.1. The third kappa shape index (κ3) is 4.24. The van der Waals surface area contributed by atoms with Gasteiger partial charge in [-0.1, -0.05) is 0 Å². The Labute approximate surface area is 119 Å². The fourth-order valence-electron chi connectivity index (χ4n) is 2.28. The first-order chi connectivity index (χ1) is 9.87. The van der Waals surface area contributed by atoms with Gasteiger partial charge in [0.1, 0.15) is 12.8 Å². The number of carbonyl (C=O) groups excluding carboxylic acids is 2. The number of nitrogens with one attached hydrogen (secondary N) is 1. The molecule has 1 atom stereocenters. The second-order valence-corrected chi connectivity index (χ2v) is 4.94. The number of rotatable bonds is 3. The maximum atomic E-state index is 12.1. The summed E-state index contributed by atoms with van der Waals surface area (Å²) >= 11 is 0. The van der Waals surface area contributed by atoms with Crippen molar-refractivity contribution in [3.8, 4) is 0 Å². The van der Waals surface area contributed by atoms with E-state index >= 15 is 0 Å². The summed E-state index contributed by atoms with van der Waals surface area (Å²) in [7, 11) is 0. The maximum Gasteiger partial charge on any atom is 0.405 e. The Hall–Kier alpha value is -1.99. The molecule has 2 rings (SSSR count). The number of hydrogen-bond acceptors (Lipinski definition) is 3. The van der Waals surface area contributed by atoms with Gasteiger partial charge in [0.2, 0.25) is 5.91 Å². The summed E-state index contributed by atoms with van der Waals surface area (Å²) in [4.78, 5) is 25.3. The number of alkyl halides is 3. The molecule has 8 heteroatoms. The number of halogens is 3. The van der Waals surface area contributed by atoms with Gasteiger partial charge >= 0.3 is 6.18 Å². The Balaban J connectivity index is 1.91. The number of nitrogens with zero attached hydrogens (tertiary/aromatic N) is 1. The minimum atomic E-state index is -4.43. The van der Waals surface area contributed by atoms with Gasteiger partial charge in [-0.25, -0.2) is 0 Å². The molecule has 0 unspecified atom stereocenters. The van der Waals surface area contributed by atoms with E-state index in [-0.39, 0.29) is 12.5 Å². The molecule has 0 radical (unpaired) electrons. The van der Waals surface area contributed by atoms with Crippen molar-refractivity contribution in [2.24, 2.45) is 5.92 Å². The monoisotopic (exact) mass is 304 g/mol. The van der Waals surface area contributed by atoms with E-state index in [0.717, 1.165) is 0 Å². The fourth-order valence-corrected chi connectivity index (χ4v) is 2.28. The van der Waals surface area contributed by atoms with Gasteiger partial charge in [-0.3, -0.25) is 9.59 Å². The zero-order valence-electron chi connectivity index (χ0n) is 11.2. The molecular weight excluding hydrogens is 289 g/mol. The fraction of sp³-hybridized carbons (Fsp3) is 0.538. The Morgan fingerprint density at radius 1 is 1.43 bits per heavy atom. The van der Waals surface area contributed by atoms with Crippen LogP contribution in [0.15, 0.2) is 23.0 Å². The number of carbonyl (C=O) groups is 2. The van der Waals surface area contributed by atoms with Crippen molar-refractivity contribution < 1.29 is 27.2 Å². The van der Waals surface area contributed by atoms with E-state index in [1.807, 2.05) is 5.32 Å². The summed E-state index contributed by atoms with van der Waals surface area (Å²) < 4.78 is 41.1. The lowest BCUT2D eigenvalue weighted by Gasteiger charge is -2.31. The van der Waals surface area contributed by atoms with Crippen LogP contribution in [0.4, 0.5) is 13.2 Å². The van der Waals surface area contributed by atoms with Crippen molar-refractivity contribution in [3.05, 3.63) is 24.2 Å². The average molecular weight is 304 g/mol. The average Bonchev–Trinajstić information content (AvgIpc) is 2.97. The molecular formula is C13H15F3N2O3. The van der Waals surface area contributed by atoms with Gasteiger partial charge in [-0.15, -0.1) is 0 Å². The molecule has 1 aliphatic heterocycles. The van der Waals surface area contributed by atoms with E-state index < -0.39 is 24.5 Å². The van der Waals surface area contributed by atoms with Crippen molar-refractivity contribution in [1.29, 1.82) is 0 Å². The predicted octanol–water partition coefficient (Wildman–Crippen LogP) is 1.81. The SMILES string of the molecule is O=C(NCC(F)(F)F)[C@@H]1CCCN(C(=O)c2ccoc2)C1. The van der Waals surface area contributed by atoms with Crippen LogP contribution in [0.5, 0.6) is 0 Å². The lowest BCUT2D eigenvalue weighted by atomic mass is 9.96. The molecule has 0 bridgehead atoms. The van der Waals surface area contributed by atoms with Crippen LogP contribution in [0.2, 0.25) is 0 Å². The summed E-state index contributed by atoms with van der Waals surface area (Å²) in [5, 5.41) is 1.87. The summed E-state index contributed by atoms with van der Waals surface area (Å²) in [6.45, 7) is -0.751. The van der Waals surface area contributed by atoms with Crippen molar-refractivity contribution in [3.63, 3.8) is 0 Å². The molecule has 5 nitrogen and oxygen atoms in total. The van der Waals surface area contributed by atoms with Crippen LogP contribution in [0.3, 0.4) is 0 Å². The number of amides is 2. The topological polar surface area (TPSA) is 62.6 Å². The molecule has 1 fully saturated rings. The first-order valence-electron chi connectivity index (χ1n) is 6.53. The minimum absolute atomic E-state index is 0.119. The van der Waals surface area contributed by atoms with Gasteiger partial charge in [-0.2, -0.15) is 13.2 Å². The predicted molar refractivity (Wildman–Crippen MR) is 66.4 cm³/mol. The molecule has 1 N–H and O–H groups in total. The highest BCUT2D eigenvalue weighted by atomic mass is 19.4. The third-order valence-electron chi connectivity index (χ3n) is 3.31. The number of hydrogen-bond donors (Lipinski definition) is 1. The van der Waals surface area contributed by atoms with Crippen molar-refractivity contribution in [1.82, 2.24) is 10.2 Å². The second kappa shape index (κ2) is 6.19. The van der Waals surface area contributed by atoms with Crippen LogP contribution in [0, 0.1) is 5.92 Å². The normalized spacial score (nSPS) is 19.4. The molecule has 1 aromatic heterocycles. The summed E-state index contributed by atoms with van der Waals surface area (Å²) in [6, 6.07) is 1.51. The van der Waals surface area contributed by atoms with Gasteiger partial charge in [-0.05, 0) is 18.9 Å². The van der Waals surface area contributed by atoms with Crippen molar-refractivity contribution >= 4 is 11.8 Å². The van der Waals surface area contributed by atoms with Gasteiger partial charge in [0, 0.05) is 13.1 Å². The third-order valence-corrected chi connectivity index (χ3v) is 3.31. The minimum Gasteiger partial charge on any atom is -0.472 e. The standard InChI is InChI=1S/C13H15F3N2O3/c14-13(15,16)8-17-11(19)9-2-1-4-18(6-9)12(20)10-3-5-21-7-10/h3,5,7,9H,1-2,4,6,8H2,(H,17,19)/t9-/m1/s1. The molecule has 1 aromatic rings. The van der Waals surface area contributed by atoms with Crippen molar-refractivity contribution in [2.75, 3.05) is 19.6 Å². The highest BCUT2D eigenvalue weighted by molar-refractivity contribution is 5.94. The number of furan rings is 1. The Morgan fingerprint density at radius 2 is 2.19 bits per heavy atom. The van der Waals surface area contributed by atoms with Gasteiger partial charge in [0.15, 0.2) is 0 Å². The lowest BCUT2D eigenvalue weighted by Crippen LogP contribution is -2.46. The molecule has 0 saturated carbocycles. The molecule has 1 saturated heterocycles. The zero-order chi connectivity index (χ0) is 15.5. The van der Waals surface area contributed by atoms with Crippen LogP contribution in [-0.4, -0.2) is 42.5 Å². The first kappa shape index (κ1) is 15.4. The number of likely N-dealkylation sites (tertiary alicyclic amines) is 1. The van der Waals surface area contributed by atoms with Gasteiger partial charge in [0.05, 0.1) is 17.7 Å². The molecule has 1 aliphatic rings. The molecule has 2 amide bonds. The quantitative estimate of drug-likeness (QED) is 0.926. The van der Waals surface area contributed by atoms with Gasteiger partial charge < -0.3 is 14.6 Å². The molecule has 2 heterocycles. The van der Waals surface area contributed by atoms with E-state index in [2.05, 4.69) is 0 Å². The van der Waals surface area contributed by atoms with Crippen LogP contribution in [-0.2, 0) is 4.79 Å². The van der Waals surface area contributed by atoms with Crippen LogP contribution >= 0.6 is 0 Å². The smallest absolute Gasteiger partial charge is 0.405 e. The highest BCUT2D eigenvalue weighted by Gasteiger charge is 2.32. The molecule has 0 spiro atoms. The Morgan fingerprint density at radius 3 is 2.81 bits per heavy atom. The van der Waals surface area contributed by atoms with Crippen LogP contribution in [0.25, 0.3) is 0 Å². The van der Waals surface area contributed by atoms with Crippen LogP contribution in [0.1, 0.15) is 23.2 Å². The first-order valence-corrected chi connectivity index (χ1v) is 6.53. The van der Waals surface area contributed by atoms with E-state index in [9.17, 15) is 22.8 Å². The lowest BCUT2D eigenvalue weighted by molar-refractivity contribution is -0.141. The van der Waals surface area contributed by atoms with E-state index in [0.29, 0.717) is 24.9 Å². The summed E-state index contributed by atoms with van der Waals surface area (Å²) in [5.74, 6) is -1.56. The summed E-state index contributed by atoms with van der Waals surface area (Å²) in [5.41, 5.74) is 0.367. The van der Waals surface area contributed by atoms with Gasteiger partial charge in [0.25, 0.3) is 5.91 Å². The zero-order valence-corrected chi connectivity index (χ0v) is 11.2. The number of piperidine rings is 1. The van der Waals surface area contributed by atoms with E-state index in [4.69, 9.17) is 4.42 Å². The Bertz CT molecular complexity index is 499. The van der Waals surface area contributed by atoms with E-state index in [1.54, 1.807) is 0 Å². The van der Waals surface area contributed by atoms with E-state index in [1.165, 1.54) is 23.5 Å². The summed E-state index contributed by atoms with van der Waals surface area (Å²) in [6.07, 6.45) is -0.719.